The molecule has 0 radical (unpaired) electrons. The second-order valence-electron chi connectivity index (χ2n) is 4.66. The molecule has 1 aliphatic rings. The van der Waals surface area contributed by atoms with Crippen molar-refractivity contribution in [2.24, 2.45) is 5.92 Å². The molecule has 0 aromatic heterocycles. The summed E-state index contributed by atoms with van der Waals surface area (Å²) in [5.41, 5.74) is 0.832. The highest BCUT2D eigenvalue weighted by molar-refractivity contribution is 5.92. The first-order valence-electron chi connectivity index (χ1n) is 6.33. The third-order valence-electron chi connectivity index (χ3n) is 3.27. The number of rotatable bonds is 4. The van der Waals surface area contributed by atoms with Crippen LogP contribution in [0.25, 0.3) is 0 Å². The van der Waals surface area contributed by atoms with Gasteiger partial charge in [0.15, 0.2) is 0 Å². The Balaban J connectivity index is 2.40. The molecule has 1 aliphatic heterocycles. The van der Waals surface area contributed by atoms with Crippen LogP contribution in [0.3, 0.4) is 0 Å². The van der Waals surface area contributed by atoms with Crippen molar-refractivity contribution in [2.45, 2.75) is 46.1 Å². The Morgan fingerprint density at radius 2 is 2.38 bits per heavy atom. The Kier molecular flexibility index (Phi) is 5.53. The number of amides is 1. The summed E-state index contributed by atoms with van der Waals surface area (Å²) in [4.78, 5) is 11.8. The van der Waals surface area contributed by atoms with Gasteiger partial charge in [0.25, 0.3) is 0 Å². The standard InChI is InChI=1S/C13H24N2O/c1-4-6-10(2)13(16)15-11(3)12-7-5-8-14-9-12/h6,11-12,14H,4-5,7-9H2,1-3H3,(H,15,16). The van der Waals surface area contributed by atoms with Crippen molar-refractivity contribution < 1.29 is 4.79 Å². The van der Waals surface area contributed by atoms with Gasteiger partial charge in [0.05, 0.1) is 0 Å². The van der Waals surface area contributed by atoms with E-state index < -0.39 is 0 Å². The van der Waals surface area contributed by atoms with Crippen LogP contribution in [-0.2, 0) is 4.79 Å². The van der Waals surface area contributed by atoms with Gasteiger partial charge in [-0.05, 0) is 52.1 Å². The third-order valence-corrected chi connectivity index (χ3v) is 3.27. The highest BCUT2D eigenvalue weighted by Gasteiger charge is 2.21. The summed E-state index contributed by atoms with van der Waals surface area (Å²) >= 11 is 0. The Morgan fingerprint density at radius 3 is 2.94 bits per heavy atom. The first kappa shape index (κ1) is 13.2. The van der Waals surface area contributed by atoms with Gasteiger partial charge >= 0.3 is 0 Å². The third kappa shape index (κ3) is 3.97. The lowest BCUT2D eigenvalue weighted by Gasteiger charge is -2.29. The Labute approximate surface area is 98.7 Å². The zero-order valence-electron chi connectivity index (χ0n) is 10.7. The van der Waals surface area contributed by atoms with Gasteiger partial charge in [-0.15, -0.1) is 0 Å². The molecule has 0 aliphatic carbocycles. The monoisotopic (exact) mass is 224 g/mol. The predicted molar refractivity (Wildman–Crippen MR) is 67.2 cm³/mol. The van der Waals surface area contributed by atoms with Gasteiger partial charge in [0.2, 0.25) is 5.91 Å². The second kappa shape index (κ2) is 6.69. The molecule has 0 bridgehead atoms. The molecule has 1 saturated heterocycles. The lowest BCUT2D eigenvalue weighted by atomic mass is 9.92. The molecule has 1 amide bonds. The van der Waals surface area contributed by atoms with Gasteiger partial charge in [0, 0.05) is 11.6 Å². The van der Waals surface area contributed by atoms with E-state index in [9.17, 15) is 4.79 Å². The number of piperidine rings is 1. The maximum absolute atomic E-state index is 11.8. The highest BCUT2D eigenvalue weighted by Crippen LogP contribution is 2.14. The van der Waals surface area contributed by atoms with E-state index in [0.717, 1.165) is 25.1 Å². The van der Waals surface area contributed by atoms with Crippen LogP contribution in [0.15, 0.2) is 11.6 Å². The van der Waals surface area contributed by atoms with Crippen LogP contribution in [0, 0.1) is 5.92 Å². The summed E-state index contributed by atoms with van der Waals surface area (Å²) in [6.07, 6.45) is 5.32. The molecule has 1 rings (SSSR count). The number of carbonyl (C=O) groups excluding carboxylic acids is 1. The van der Waals surface area contributed by atoms with Crippen LogP contribution >= 0.6 is 0 Å². The van der Waals surface area contributed by atoms with Crippen molar-refractivity contribution in [1.82, 2.24) is 10.6 Å². The molecule has 3 heteroatoms. The van der Waals surface area contributed by atoms with Gasteiger partial charge in [0.1, 0.15) is 0 Å². The molecule has 0 aromatic carbocycles. The molecular weight excluding hydrogens is 200 g/mol. The van der Waals surface area contributed by atoms with Crippen LogP contribution in [0.4, 0.5) is 0 Å². The molecule has 2 N–H and O–H groups in total. The van der Waals surface area contributed by atoms with Crippen LogP contribution in [0.1, 0.15) is 40.0 Å². The first-order chi connectivity index (χ1) is 7.65. The normalized spacial score (nSPS) is 23.9. The Bertz CT molecular complexity index is 255. The van der Waals surface area contributed by atoms with Crippen molar-refractivity contribution in [1.29, 1.82) is 0 Å². The molecule has 16 heavy (non-hydrogen) atoms. The second-order valence-corrected chi connectivity index (χ2v) is 4.66. The lowest BCUT2D eigenvalue weighted by molar-refractivity contribution is -0.118. The highest BCUT2D eigenvalue weighted by atomic mass is 16.1. The number of hydrogen-bond acceptors (Lipinski definition) is 2. The van der Waals surface area contributed by atoms with E-state index in [1.807, 2.05) is 19.9 Å². The summed E-state index contributed by atoms with van der Waals surface area (Å²) in [7, 11) is 0. The van der Waals surface area contributed by atoms with E-state index in [0.29, 0.717) is 5.92 Å². The van der Waals surface area contributed by atoms with Crippen molar-refractivity contribution in [2.75, 3.05) is 13.1 Å². The largest absolute Gasteiger partial charge is 0.350 e. The van der Waals surface area contributed by atoms with Gasteiger partial charge in [-0.3, -0.25) is 4.79 Å². The summed E-state index contributed by atoms with van der Waals surface area (Å²) in [5, 5.41) is 6.46. The quantitative estimate of drug-likeness (QED) is 0.716. The average Bonchev–Trinajstić information content (AvgIpc) is 2.30. The summed E-state index contributed by atoms with van der Waals surface area (Å²) in [5.74, 6) is 0.659. The summed E-state index contributed by atoms with van der Waals surface area (Å²) in [6.45, 7) is 8.18. The molecule has 0 aromatic rings. The minimum absolute atomic E-state index is 0.0833. The fraction of sp³-hybridized carbons (Fsp3) is 0.769. The van der Waals surface area contributed by atoms with Crippen LogP contribution in [0.5, 0.6) is 0 Å². The zero-order valence-corrected chi connectivity index (χ0v) is 10.7. The van der Waals surface area contributed by atoms with Crippen molar-refractivity contribution in [3.05, 3.63) is 11.6 Å². The maximum Gasteiger partial charge on any atom is 0.246 e. The molecule has 2 atom stereocenters. The molecule has 0 saturated carbocycles. The van der Waals surface area contributed by atoms with Gasteiger partial charge in [-0.2, -0.15) is 0 Å². The van der Waals surface area contributed by atoms with Gasteiger partial charge in [-0.1, -0.05) is 13.0 Å². The van der Waals surface area contributed by atoms with Crippen molar-refractivity contribution in [3.63, 3.8) is 0 Å². The summed E-state index contributed by atoms with van der Waals surface area (Å²) in [6, 6.07) is 0.264. The zero-order chi connectivity index (χ0) is 12.0. The number of hydrogen-bond donors (Lipinski definition) is 2. The van der Waals surface area contributed by atoms with E-state index in [-0.39, 0.29) is 11.9 Å². The minimum atomic E-state index is 0.0833. The number of allylic oxidation sites excluding steroid dienone is 1. The average molecular weight is 224 g/mol. The van der Waals surface area contributed by atoms with E-state index in [1.165, 1.54) is 12.8 Å². The van der Waals surface area contributed by atoms with Crippen LogP contribution < -0.4 is 10.6 Å². The van der Waals surface area contributed by atoms with E-state index in [2.05, 4.69) is 17.6 Å². The number of carbonyl (C=O) groups is 1. The van der Waals surface area contributed by atoms with E-state index in [1.54, 1.807) is 0 Å². The Hall–Kier alpha value is -0.830. The van der Waals surface area contributed by atoms with Gasteiger partial charge in [-0.25, -0.2) is 0 Å². The number of nitrogens with one attached hydrogen (secondary N) is 2. The molecule has 1 heterocycles. The van der Waals surface area contributed by atoms with Crippen molar-refractivity contribution >= 4 is 5.91 Å². The molecule has 0 spiro atoms. The molecule has 1 fully saturated rings. The van der Waals surface area contributed by atoms with Crippen molar-refractivity contribution in [3.8, 4) is 0 Å². The topological polar surface area (TPSA) is 41.1 Å². The fourth-order valence-electron chi connectivity index (χ4n) is 2.14. The van der Waals surface area contributed by atoms with Gasteiger partial charge < -0.3 is 10.6 Å². The maximum atomic E-state index is 11.8. The summed E-state index contributed by atoms with van der Waals surface area (Å²) < 4.78 is 0. The molecule has 3 nitrogen and oxygen atoms in total. The fourth-order valence-corrected chi connectivity index (χ4v) is 2.14. The lowest BCUT2D eigenvalue weighted by Crippen LogP contribution is -2.44. The van der Waals surface area contributed by atoms with E-state index >= 15 is 0 Å². The van der Waals surface area contributed by atoms with Crippen LogP contribution in [0.2, 0.25) is 0 Å². The molecular formula is C13H24N2O. The first-order valence-corrected chi connectivity index (χ1v) is 6.33. The van der Waals surface area contributed by atoms with E-state index in [4.69, 9.17) is 0 Å². The van der Waals surface area contributed by atoms with Crippen LogP contribution in [-0.4, -0.2) is 25.0 Å². The SMILES string of the molecule is CCC=C(C)C(=O)NC(C)C1CCCNC1. The Morgan fingerprint density at radius 1 is 1.62 bits per heavy atom. The predicted octanol–water partition coefficient (Wildman–Crippen LogP) is 1.85. The molecule has 92 valence electrons. The smallest absolute Gasteiger partial charge is 0.246 e. The molecule has 2 unspecified atom stereocenters. The minimum Gasteiger partial charge on any atom is -0.350 e.